The second-order valence-corrected chi connectivity index (χ2v) is 3.62. The molecule has 0 saturated heterocycles. The quantitative estimate of drug-likeness (QED) is 0.803. The Kier molecular flexibility index (Phi) is 3.24. The Bertz CT molecular complexity index is 321. The molecule has 0 radical (unpaired) electrons. The summed E-state index contributed by atoms with van der Waals surface area (Å²) in [5.74, 6) is -0.264. The van der Waals surface area contributed by atoms with Gasteiger partial charge in [0, 0.05) is 19.2 Å². The first kappa shape index (κ1) is 11.1. The van der Waals surface area contributed by atoms with Crippen LogP contribution in [0.25, 0.3) is 0 Å². The summed E-state index contributed by atoms with van der Waals surface area (Å²) < 4.78 is 18.8. The highest BCUT2D eigenvalue weighted by atomic mass is 19.1. The van der Waals surface area contributed by atoms with Crippen molar-refractivity contribution in [3.8, 4) is 0 Å². The molecule has 3 heteroatoms. The van der Waals surface area contributed by atoms with E-state index in [1.807, 2.05) is 13.0 Å². The molecule has 0 bridgehead atoms. The fourth-order valence-electron chi connectivity index (χ4n) is 1.35. The van der Waals surface area contributed by atoms with Crippen LogP contribution in [-0.2, 0) is 10.3 Å². The van der Waals surface area contributed by atoms with Crippen molar-refractivity contribution >= 4 is 0 Å². The third-order valence-electron chi connectivity index (χ3n) is 2.53. The van der Waals surface area contributed by atoms with Crippen LogP contribution in [0.3, 0.4) is 0 Å². The predicted octanol–water partition coefficient (Wildman–Crippen LogP) is 1.95. The number of hydrogen-bond acceptors (Lipinski definition) is 2. The van der Waals surface area contributed by atoms with Crippen LogP contribution in [-0.4, -0.2) is 13.7 Å². The summed E-state index contributed by atoms with van der Waals surface area (Å²) in [6.07, 6.45) is 0. The van der Waals surface area contributed by atoms with Gasteiger partial charge in [-0.25, -0.2) is 4.39 Å². The van der Waals surface area contributed by atoms with Gasteiger partial charge in [0.25, 0.3) is 0 Å². The molecule has 78 valence electrons. The molecule has 0 amide bonds. The zero-order chi connectivity index (χ0) is 10.8. The van der Waals surface area contributed by atoms with Crippen molar-refractivity contribution in [2.75, 3.05) is 13.7 Å². The first-order valence-corrected chi connectivity index (χ1v) is 4.55. The number of benzene rings is 1. The summed E-state index contributed by atoms with van der Waals surface area (Å²) in [6.45, 7) is 3.88. The molecule has 0 heterocycles. The van der Waals surface area contributed by atoms with E-state index in [9.17, 15) is 4.39 Å². The maximum atomic E-state index is 13.6. The average Bonchev–Trinajstić information content (AvgIpc) is 2.17. The molecular weight excluding hydrogens is 181 g/mol. The molecule has 1 aromatic rings. The fraction of sp³-hybridized carbons (Fsp3) is 0.455. The van der Waals surface area contributed by atoms with Gasteiger partial charge >= 0.3 is 0 Å². The van der Waals surface area contributed by atoms with E-state index < -0.39 is 5.60 Å². The lowest BCUT2D eigenvalue weighted by Gasteiger charge is -2.27. The highest BCUT2D eigenvalue weighted by Crippen LogP contribution is 2.26. The normalized spacial score (nSPS) is 15.2. The average molecular weight is 197 g/mol. The van der Waals surface area contributed by atoms with Crippen molar-refractivity contribution in [3.63, 3.8) is 0 Å². The Balaban J connectivity index is 3.17. The number of hydrogen-bond donors (Lipinski definition) is 1. The SMILES string of the molecule is COC(C)(CN)c1ccc(C)cc1F. The molecule has 1 unspecified atom stereocenters. The number of rotatable bonds is 3. The van der Waals surface area contributed by atoms with Crippen LogP contribution in [0.4, 0.5) is 4.39 Å². The third kappa shape index (κ3) is 1.94. The highest BCUT2D eigenvalue weighted by molar-refractivity contribution is 5.28. The maximum Gasteiger partial charge on any atom is 0.129 e. The number of aryl methyl sites for hydroxylation is 1. The molecule has 0 aliphatic rings. The largest absolute Gasteiger partial charge is 0.372 e. The van der Waals surface area contributed by atoms with E-state index in [0.29, 0.717) is 5.56 Å². The van der Waals surface area contributed by atoms with E-state index in [4.69, 9.17) is 10.5 Å². The number of ether oxygens (including phenoxy) is 1. The molecule has 1 rings (SSSR count). The Labute approximate surface area is 83.9 Å². The molecule has 0 spiro atoms. The van der Waals surface area contributed by atoms with Gasteiger partial charge < -0.3 is 10.5 Å². The lowest BCUT2D eigenvalue weighted by Crippen LogP contribution is -2.34. The number of halogens is 1. The molecule has 1 atom stereocenters. The van der Waals surface area contributed by atoms with E-state index in [1.165, 1.54) is 13.2 Å². The first-order valence-electron chi connectivity index (χ1n) is 4.55. The summed E-state index contributed by atoms with van der Waals surface area (Å²) in [7, 11) is 1.53. The van der Waals surface area contributed by atoms with Gasteiger partial charge in [0.1, 0.15) is 11.4 Å². The molecule has 1 aromatic carbocycles. The summed E-state index contributed by atoms with van der Waals surface area (Å²) in [6, 6.07) is 5.06. The minimum absolute atomic E-state index is 0.253. The van der Waals surface area contributed by atoms with E-state index in [1.54, 1.807) is 13.0 Å². The molecule has 0 aliphatic carbocycles. The zero-order valence-corrected chi connectivity index (χ0v) is 8.80. The van der Waals surface area contributed by atoms with Crippen LogP contribution in [0.15, 0.2) is 18.2 Å². The van der Waals surface area contributed by atoms with Crippen molar-refractivity contribution in [3.05, 3.63) is 35.1 Å². The lowest BCUT2D eigenvalue weighted by atomic mass is 9.94. The van der Waals surface area contributed by atoms with E-state index in [2.05, 4.69) is 0 Å². The number of methoxy groups -OCH3 is 1. The molecule has 0 fully saturated rings. The van der Waals surface area contributed by atoms with Crippen LogP contribution < -0.4 is 5.73 Å². The minimum Gasteiger partial charge on any atom is -0.372 e. The molecule has 14 heavy (non-hydrogen) atoms. The van der Waals surface area contributed by atoms with E-state index >= 15 is 0 Å². The zero-order valence-electron chi connectivity index (χ0n) is 8.80. The summed E-state index contributed by atoms with van der Waals surface area (Å²) >= 11 is 0. The minimum atomic E-state index is -0.738. The van der Waals surface area contributed by atoms with Gasteiger partial charge in [-0.15, -0.1) is 0 Å². The fourth-order valence-corrected chi connectivity index (χ4v) is 1.35. The monoisotopic (exact) mass is 197 g/mol. The van der Waals surface area contributed by atoms with Crippen molar-refractivity contribution in [2.45, 2.75) is 19.4 Å². The van der Waals surface area contributed by atoms with Gasteiger partial charge in [-0.3, -0.25) is 0 Å². The standard InChI is InChI=1S/C11H16FNO/c1-8-4-5-9(10(12)6-8)11(2,7-13)14-3/h4-6H,7,13H2,1-3H3. The summed E-state index contributed by atoms with van der Waals surface area (Å²) in [4.78, 5) is 0. The maximum absolute atomic E-state index is 13.6. The molecule has 0 aliphatic heterocycles. The Morgan fingerprint density at radius 3 is 2.57 bits per heavy atom. The molecule has 0 aromatic heterocycles. The van der Waals surface area contributed by atoms with Gasteiger partial charge in [0.15, 0.2) is 0 Å². The Morgan fingerprint density at radius 1 is 1.50 bits per heavy atom. The second kappa shape index (κ2) is 4.07. The second-order valence-electron chi connectivity index (χ2n) is 3.62. The van der Waals surface area contributed by atoms with Gasteiger partial charge in [-0.2, -0.15) is 0 Å². The van der Waals surface area contributed by atoms with Gasteiger partial charge in [-0.05, 0) is 25.5 Å². The number of nitrogens with two attached hydrogens (primary N) is 1. The van der Waals surface area contributed by atoms with E-state index in [-0.39, 0.29) is 12.4 Å². The van der Waals surface area contributed by atoms with Crippen molar-refractivity contribution in [2.24, 2.45) is 5.73 Å². The van der Waals surface area contributed by atoms with Crippen molar-refractivity contribution < 1.29 is 9.13 Å². The predicted molar refractivity (Wildman–Crippen MR) is 54.6 cm³/mol. The molecule has 0 saturated carbocycles. The Morgan fingerprint density at radius 2 is 2.14 bits per heavy atom. The topological polar surface area (TPSA) is 35.2 Å². The van der Waals surface area contributed by atoms with Crippen LogP contribution in [0, 0.1) is 12.7 Å². The Hall–Kier alpha value is -0.930. The summed E-state index contributed by atoms with van der Waals surface area (Å²) in [5, 5.41) is 0. The van der Waals surface area contributed by atoms with Crippen LogP contribution in [0.5, 0.6) is 0 Å². The smallest absolute Gasteiger partial charge is 0.129 e. The van der Waals surface area contributed by atoms with Gasteiger partial charge in [0.2, 0.25) is 0 Å². The van der Waals surface area contributed by atoms with Crippen molar-refractivity contribution in [1.82, 2.24) is 0 Å². The van der Waals surface area contributed by atoms with Crippen LogP contribution >= 0.6 is 0 Å². The lowest BCUT2D eigenvalue weighted by molar-refractivity contribution is 0.00716. The van der Waals surface area contributed by atoms with Crippen molar-refractivity contribution in [1.29, 1.82) is 0 Å². The molecular formula is C11H16FNO. The van der Waals surface area contributed by atoms with Gasteiger partial charge in [-0.1, -0.05) is 12.1 Å². The first-order chi connectivity index (χ1) is 6.53. The van der Waals surface area contributed by atoms with Crippen LogP contribution in [0.1, 0.15) is 18.1 Å². The van der Waals surface area contributed by atoms with E-state index in [0.717, 1.165) is 5.56 Å². The molecule has 2 N–H and O–H groups in total. The third-order valence-corrected chi connectivity index (χ3v) is 2.53. The van der Waals surface area contributed by atoms with Gasteiger partial charge in [0.05, 0.1) is 0 Å². The highest BCUT2D eigenvalue weighted by Gasteiger charge is 2.27. The summed E-state index contributed by atoms with van der Waals surface area (Å²) in [5.41, 5.74) is 6.22. The molecule has 2 nitrogen and oxygen atoms in total. The van der Waals surface area contributed by atoms with Crippen LogP contribution in [0.2, 0.25) is 0 Å².